The average molecular weight is 418 g/mol. The smallest absolute Gasteiger partial charge is 0.321 e. The Morgan fingerprint density at radius 1 is 1.13 bits per heavy atom. The second-order valence-corrected chi connectivity index (χ2v) is 7.15. The van der Waals surface area contributed by atoms with Gasteiger partial charge in [-0.1, -0.05) is 13.0 Å². The van der Waals surface area contributed by atoms with E-state index in [2.05, 4.69) is 22.0 Å². The largest absolute Gasteiger partial charge is 0.493 e. The minimum absolute atomic E-state index is 0.191. The standard InChI is InChI=1S/C21H30N4O5/c1-5-24-9-11-25(12-10-24)21-22-18(17(19(26)23-21)20(27)30-6-2)14-7-8-15(28-3)16(13-14)29-4/h7-8,13,17-18H,5-6,9-12H2,1-4H3,(H,22,23,26)/t17-,18-/m0/s1. The zero-order valence-electron chi connectivity index (χ0n) is 18.0. The highest BCUT2D eigenvalue weighted by Crippen LogP contribution is 2.36. The molecule has 30 heavy (non-hydrogen) atoms. The van der Waals surface area contributed by atoms with Crippen LogP contribution >= 0.6 is 0 Å². The Kier molecular flexibility index (Phi) is 7.15. The van der Waals surface area contributed by atoms with Crippen molar-refractivity contribution in [2.45, 2.75) is 19.9 Å². The summed E-state index contributed by atoms with van der Waals surface area (Å²) in [6.45, 7) is 8.34. The molecule has 1 amide bonds. The van der Waals surface area contributed by atoms with E-state index in [0.29, 0.717) is 23.0 Å². The van der Waals surface area contributed by atoms with Gasteiger partial charge in [0.2, 0.25) is 11.9 Å². The quantitative estimate of drug-likeness (QED) is 0.545. The summed E-state index contributed by atoms with van der Waals surface area (Å²) in [7, 11) is 3.10. The van der Waals surface area contributed by atoms with Gasteiger partial charge in [-0.05, 0) is 31.2 Å². The van der Waals surface area contributed by atoms with E-state index in [-0.39, 0.29) is 6.61 Å². The molecule has 1 fully saturated rings. The van der Waals surface area contributed by atoms with Gasteiger partial charge in [0.05, 0.1) is 20.8 Å². The van der Waals surface area contributed by atoms with Gasteiger partial charge in [-0.3, -0.25) is 14.9 Å². The Morgan fingerprint density at radius 3 is 2.43 bits per heavy atom. The molecule has 0 unspecified atom stereocenters. The van der Waals surface area contributed by atoms with E-state index >= 15 is 0 Å². The second kappa shape index (κ2) is 9.80. The van der Waals surface area contributed by atoms with Crippen molar-refractivity contribution in [3.05, 3.63) is 23.8 Å². The van der Waals surface area contributed by atoms with Gasteiger partial charge in [0, 0.05) is 26.2 Å². The number of esters is 1. The lowest BCUT2D eigenvalue weighted by Gasteiger charge is -2.38. The third-order valence-corrected chi connectivity index (χ3v) is 5.50. The second-order valence-electron chi connectivity index (χ2n) is 7.15. The number of nitrogens with one attached hydrogen (secondary N) is 1. The van der Waals surface area contributed by atoms with Crippen LogP contribution < -0.4 is 14.8 Å². The van der Waals surface area contributed by atoms with Crippen molar-refractivity contribution in [2.75, 3.05) is 53.6 Å². The lowest BCUT2D eigenvalue weighted by molar-refractivity contribution is -0.153. The van der Waals surface area contributed by atoms with Gasteiger partial charge in [-0.2, -0.15) is 0 Å². The third kappa shape index (κ3) is 4.51. The van der Waals surface area contributed by atoms with Crippen LogP contribution in [0.4, 0.5) is 0 Å². The number of carbonyl (C=O) groups is 2. The first-order valence-electron chi connectivity index (χ1n) is 10.3. The minimum Gasteiger partial charge on any atom is -0.493 e. The van der Waals surface area contributed by atoms with Crippen molar-refractivity contribution in [1.82, 2.24) is 15.1 Å². The highest BCUT2D eigenvalue weighted by Gasteiger charge is 2.42. The summed E-state index contributed by atoms with van der Waals surface area (Å²) < 4.78 is 15.9. The molecule has 0 radical (unpaired) electrons. The average Bonchev–Trinajstić information content (AvgIpc) is 2.78. The summed E-state index contributed by atoms with van der Waals surface area (Å²) >= 11 is 0. The Hall–Kier alpha value is -2.81. The maximum atomic E-state index is 13.0. The van der Waals surface area contributed by atoms with E-state index in [1.165, 1.54) is 0 Å². The van der Waals surface area contributed by atoms with Crippen LogP contribution in [0.1, 0.15) is 25.5 Å². The number of hydrogen-bond acceptors (Lipinski definition) is 8. The lowest BCUT2D eigenvalue weighted by Crippen LogP contribution is -2.57. The van der Waals surface area contributed by atoms with Crippen LogP contribution in [0.25, 0.3) is 0 Å². The van der Waals surface area contributed by atoms with E-state index in [4.69, 9.17) is 19.2 Å². The predicted octanol–water partition coefficient (Wildman–Crippen LogP) is 1.05. The number of methoxy groups -OCH3 is 2. The molecule has 2 heterocycles. The van der Waals surface area contributed by atoms with Gasteiger partial charge in [-0.15, -0.1) is 0 Å². The third-order valence-electron chi connectivity index (χ3n) is 5.50. The van der Waals surface area contributed by atoms with E-state index in [9.17, 15) is 9.59 Å². The molecule has 1 saturated heterocycles. The van der Waals surface area contributed by atoms with E-state index < -0.39 is 23.8 Å². The van der Waals surface area contributed by atoms with Gasteiger partial charge in [0.1, 0.15) is 6.04 Å². The molecule has 0 aliphatic carbocycles. The van der Waals surface area contributed by atoms with Gasteiger partial charge in [0.15, 0.2) is 17.4 Å². The molecule has 164 valence electrons. The summed E-state index contributed by atoms with van der Waals surface area (Å²) in [6.07, 6.45) is 0. The molecule has 0 aromatic heterocycles. The summed E-state index contributed by atoms with van der Waals surface area (Å²) in [5, 5.41) is 2.82. The molecule has 2 atom stereocenters. The van der Waals surface area contributed by atoms with Crippen LogP contribution in [0.5, 0.6) is 11.5 Å². The molecule has 1 N–H and O–H groups in total. The molecular weight excluding hydrogens is 388 g/mol. The van der Waals surface area contributed by atoms with Crippen LogP contribution in [0.3, 0.4) is 0 Å². The maximum Gasteiger partial charge on any atom is 0.321 e. The summed E-state index contributed by atoms with van der Waals surface area (Å²) in [5.74, 6) is -0.490. The zero-order chi connectivity index (χ0) is 21.7. The number of carbonyl (C=O) groups excluding carboxylic acids is 2. The molecule has 0 saturated carbocycles. The fourth-order valence-electron chi connectivity index (χ4n) is 3.78. The van der Waals surface area contributed by atoms with E-state index in [0.717, 1.165) is 32.7 Å². The molecule has 3 rings (SSSR count). The fourth-order valence-corrected chi connectivity index (χ4v) is 3.78. The fraction of sp³-hybridized carbons (Fsp3) is 0.571. The summed E-state index contributed by atoms with van der Waals surface area (Å²) in [6, 6.07) is 4.59. The highest BCUT2D eigenvalue weighted by molar-refractivity contribution is 6.08. The van der Waals surface area contributed by atoms with Crippen LogP contribution in [-0.2, 0) is 14.3 Å². The first-order chi connectivity index (χ1) is 14.5. The molecular formula is C21H30N4O5. The van der Waals surface area contributed by atoms with E-state index in [1.54, 1.807) is 39.3 Å². The summed E-state index contributed by atoms with van der Waals surface area (Å²) in [5.41, 5.74) is 0.685. The first-order valence-corrected chi connectivity index (χ1v) is 10.3. The maximum absolute atomic E-state index is 13.0. The number of amides is 1. The molecule has 1 aromatic rings. The molecule has 2 aliphatic heterocycles. The van der Waals surface area contributed by atoms with Crippen LogP contribution in [0, 0.1) is 5.92 Å². The Morgan fingerprint density at radius 2 is 1.83 bits per heavy atom. The number of ether oxygens (including phenoxy) is 3. The molecule has 9 nitrogen and oxygen atoms in total. The Balaban J connectivity index is 1.96. The SMILES string of the molecule is CCOC(=O)[C@@H]1C(=O)NC(N2CCN(CC)CC2)=N[C@H]1c1ccc(OC)c(OC)c1. The van der Waals surface area contributed by atoms with Crippen LogP contribution in [0.15, 0.2) is 23.2 Å². The normalized spacial score (nSPS) is 22.2. The number of aliphatic imine (C=N–C) groups is 1. The van der Waals surface area contributed by atoms with Crippen molar-refractivity contribution in [2.24, 2.45) is 10.9 Å². The molecule has 0 spiro atoms. The van der Waals surface area contributed by atoms with Crippen molar-refractivity contribution in [3.8, 4) is 11.5 Å². The minimum atomic E-state index is -1.07. The first kappa shape index (κ1) is 21.9. The monoisotopic (exact) mass is 418 g/mol. The molecule has 2 aliphatic rings. The number of rotatable bonds is 6. The molecule has 1 aromatic carbocycles. The summed E-state index contributed by atoms with van der Waals surface area (Å²) in [4.78, 5) is 34.8. The number of hydrogen-bond donors (Lipinski definition) is 1. The highest BCUT2D eigenvalue weighted by atomic mass is 16.5. The van der Waals surface area contributed by atoms with Gasteiger partial charge >= 0.3 is 5.97 Å². The predicted molar refractivity (Wildman–Crippen MR) is 112 cm³/mol. The van der Waals surface area contributed by atoms with Crippen LogP contribution in [-0.4, -0.2) is 81.2 Å². The number of benzene rings is 1. The van der Waals surface area contributed by atoms with Crippen molar-refractivity contribution in [3.63, 3.8) is 0 Å². The number of piperazine rings is 1. The van der Waals surface area contributed by atoms with Crippen molar-refractivity contribution in [1.29, 1.82) is 0 Å². The molecule has 0 bridgehead atoms. The van der Waals surface area contributed by atoms with Crippen molar-refractivity contribution >= 4 is 17.8 Å². The number of nitrogens with zero attached hydrogens (tertiary/aromatic N) is 3. The topological polar surface area (TPSA) is 92.7 Å². The number of guanidine groups is 1. The lowest BCUT2D eigenvalue weighted by atomic mass is 9.91. The Bertz CT molecular complexity index is 805. The number of likely N-dealkylation sites (N-methyl/N-ethyl adjacent to an activating group) is 1. The van der Waals surface area contributed by atoms with Gasteiger partial charge in [-0.25, -0.2) is 4.99 Å². The zero-order valence-corrected chi connectivity index (χ0v) is 18.0. The van der Waals surface area contributed by atoms with Gasteiger partial charge < -0.3 is 24.0 Å². The van der Waals surface area contributed by atoms with Crippen LogP contribution in [0.2, 0.25) is 0 Å². The Labute approximate surface area is 177 Å². The molecule has 9 heteroatoms. The van der Waals surface area contributed by atoms with Gasteiger partial charge in [0.25, 0.3) is 0 Å². The van der Waals surface area contributed by atoms with Crippen molar-refractivity contribution < 1.29 is 23.8 Å². The van der Waals surface area contributed by atoms with E-state index in [1.807, 2.05) is 0 Å².